The number of amides is 1. The van der Waals surface area contributed by atoms with Gasteiger partial charge in [0.2, 0.25) is 0 Å². The molecular formula is C13H16ClNO4. The number of halogens is 1. The van der Waals surface area contributed by atoms with Gasteiger partial charge in [0.25, 0.3) is 5.91 Å². The third kappa shape index (κ3) is 3.86. The van der Waals surface area contributed by atoms with Gasteiger partial charge in [0.05, 0.1) is 18.1 Å². The Hall–Kier alpha value is -1.75. The van der Waals surface area contributed by atoms with E-state index in [1.165, 1.54) is 33.1 Å². The number of aliphatic carboxylic acids is 1. The van der Waals surface area contributed by atoms with Gasteiger partial charge in [0.1, 0.15) is 5.75 Å². The molecule has 5 nitrogen and oxygen atoms in total. The number of ether oxygens (including phenoxy) is 1. The Morgan fingerprint density at radius 2 is 2.05 bits per heavy atom. The molecule has 0 aromatic heterocycles. The molecule has 1 rings (SSSR count). The van der Waals surface area contributed by atoms with Crippen molar-refractivity contribution in [3.05, 3.63) is 28.8 Å². The molecule has 0 bridgehead atoms. The fraction of sp³-hybridized carbons (Fsp3) is 0.385. The first kappa shape index (κ1) is 15.3. The lowest BCUT2D eigenvalue weighted by Crippen LogP contribution is -2.39. The van der Waals surface area contributed by atoms with Crippen LogP contribution in [0.5, 0.6) is 5.75 Å². The molecule has 0 fully saturated rings. The zero-order chi connectivity index (χ0) is 14.6. The number of carboxylic acid groups (broad SMARTS) is 1. The van der Waals surface area contributed by atoms with Gasteiger partial charge in [-0.1, -0.05) is 11.6 Å². The van der Waals surface area contributed by atoms with Crippen LogP contribution in [-0.2, 0) is 4.79 Å². The van der Waals surface area contributed by atoms with Crippen LogP contribution in [0.2, 0.25) is 5.02 Å². The predicted molar refractivity (Wildman–Crippen MR) is 71.8 cm³/mol. The van der Waals surface area contributed by atoms with Crippen LogP contribution < -0.4 is 10.1 Å². The Morgan fingerprint density at radius 3 is 2.58 bits per heavy atom. The SMILES string of the molecule is COc1cc(Cl)ccc1C(=O)NCC(C)(C)C(=O)O. The van der Waals surface area contributed by atoms with E-state index in [2.05, 4.69) is 5.32 Å². The molecule has 0 aliphatic carbocycles. The minimum absolute atomic E-state index is 0.0208. The highest BCUT2D eigenvalue weighted by Crippen LogP contribution is 2.23. The number of rotatable bonds is 5. The number of hydrogen-bond donors (Lipinski definition) is 2. The maximum absolute atomic E-state index is 12.0. The van der Waals surface area contributed by atoms with Crippen LogP contribution in [-0.4, -0.2) is 30.6 Å². The second-order valence-electron chi connectivity index (χ2n) is 4.72. The largest absolute Gasteiger partial charge is 0.496 e. The molecule has 104 valence electrons. The molecule has 6 heteroatoms. The minimum Gasteiger partial charge on any atom is -0.496 e. The third-order valence-corrected chi connectivity index (χ3v) is 2.91. The van der Waals surface area contributed by atoms with Gasteiger partial charge in [-0.25, -0.2) is 0 Å². The number of carboxylic acids is 1. The average Bonchev–Trinajstić information content (AvgIpc) is 2.35. The van der Waals surface area contributed by atoms with E-state index in [4.69, 9.17) is 21.4 Å². The molecule has 0 aliphatic rings. The number of benzene rings is 1. The van der Waals surface area contributed by atoms with E-state index in [-0.39, 0.29) is 6.54 Å². The third-order valence-electron chi connectivity index (χ3n) is 2.68. The van der Waals surface area contributed by atoms with Gasteiger partial charge in [-0.3, -0.25) is 9.59 Å². The number of carbonyl (C=O) groups excluding carboxylic acids is 1. The Morgan fingerprint density at radius 1 is 1.42 bits per heavy atom. The molecule has 0 spiro atoms. The van der Waals surface area contributed by atoms with Gasteiger partial charge in [0.15, 0.2) is 0 Å². The van der Waals surface area contributed by atoms with Gasteiger partial charge in [-0.15, -0.1) is 0 Å². The van der Waals surface area contributed by atoms with Crippen LogP contribution in [0.25, 0.3) is 0 Å². The standard InChI is InChI=1S/C13H16ClNO4/c1-13(2,12(17)18)7-15-11(16)9-5-4-8(14)6-10(9)19-3/h4-6H,7H2,1-3H3,(H,15,16)(H,17,18). The Bertz CT molecular complexity index is 499. The van der Waals surface area contributed by atoms with Crippen molar-refractivity contribution in [1.29, 1.82) is 0 Å². The Labute approximate surface area is 116 Å². The summed E-state index contributed by atoms with van der Waals surface area (Å²) in [6.07, 6.45) is 0. The van der Waals surface area contributed by atoms with E-state index >= 15 is 0 Å². The molecule has 0 unspecified atom stereocenters. The van der Waals surface area contributed by atoms with Crippen molar-refractivity contribution in [2.75, 3.05) is 13.7 Å². The fourth-order valence-corrected chi connectivity index (χ4v) is 1.49. The average molecular weight is 286 g/mol. The van der Waals surface area contributed by atoms with Crippen molar-refractivity contribution in [2.45, 2.75) is 13.8 Å². The summed E-state index contributed by atoms with van der Waals surface area (Å²) in [4.78, 5) is 22.9. The molecule has 0 saturated heterocycles. The molecule has 1 amide bonds. The van der Waals surface area contributed by atoms with Crippen molar-refractivity contribution < 1.29 is 19.4 Å². The number of hydrogen-bond acceptors (Lipinski definition) is 3. The summed E-state index contributed by atoms with van der Waals surface area (Å²) in [6.45, 7) is 3.09. The van der Waals surface area contributed by atoms with Crippen molar-refractivity contribution in [2.24, 2.45) is 5.41 Å². The maximum Gasteiger partial charge on any atom is 0.310 e. The lowest BCUT2D eigenvalue weighted by atomic mass is 9.94. The summed E-state index contributed by atoms with van der Waals surface area (Å²) >= 11 is 5.80. The maximum atomic E-state index is 12.0. The van der Waals surface area contributed by atoms with E-state index in [1.807, 2.05) is 0 Å². The predicted octanol–water partition coefficient (Wildman–Crippen LogP) is 2.19. The Kier molecular flexibility index (Phi) is 4.78. The van der Waals surface area contributed by atoms with Crippen molar-refractivity contribution in [3.8, 4) is 5.75 Å². The minimum atomic E-state index is -1.03. The highest BCUT2D eigenvalue weighted by molar-refractivity contribution is 6.30. The van der Waals surface area contributed by atoms with Gasteiger partial charge >= 0.3 is 5.97 Å². The zero-order valence-electron chi connectivity index (χ0n) is 11.0. The summed E-state index contributed by atoms with van der Waals surface area (Å²) in [5.41, 5.74) is -0.719. The smallest absolute Gasteiger partial charge is 0.310 e. The summed E-state index contributed by atoms with van der Waals surface area (Å²) in [5.74, 6) is -1.03. The first-order valence-electron chi connectivity index (χ1n) is 5.63. The highest BCUT2D eigenvalue weighted by Gasteiger charge is 2.28. The van der Waals surface area contributed by atoms with Crippen molar-refractivity contribution in [3.63, 3.8) is 0 Å². The van der Waals surface area contributed by atoms with Gasteiger partial charge in [0, 0.05) is 11.6 Å². The lowest BCUT2D eigenvalue weighted by Gasteiger charge is -2.19. The molecular weight excluding hydrogens is 270 g/mol. The molecule has 1 aromatic rings. The van der Waals surface area contributed by atoms with Crippen LogP contribution in [0.4, 0.5) is 0 Å². The van der Waals surface area contributed by atoms with Gasteiger partial charge in [-0.05, 0) is 32.0 Å². The molecule has 19 heavy (non-hydrogen) atoms. The number of methoxy groups -OCH3 is 1. The Balaban J connectivity index is 2.82. The molecule has 0 radical (unpaired) electrons. The fourth-order valence-electron chi connectivity index (χ4n) is 1.32. The van der Waals surface area contributed by atoms with Crippen LogP contribution in [0.15, 0.2) is 18.2 Å². The van der Waals surface area contributed by atoms with Gasteiger partial charge in [-0.2, -0.15) is 0 Å². The van der Waals surface area contributed by atoms with Crippen LogP contribution >= 0.6 is 11.6 Å². The first-order chi connectivity index (χ1) is 8.77. The summed E-state index contributed by atoms with van der Waals surface area (Å²) < 4.78 is 5.07. The van der Waals surface area contributed by atoms with Crippen molar-refractivity contribution >= 4 is 23.5 Å². The van der Waals surface area contributed by atoms with E-state index in [9.17, 15) is 9.59 Å². The van der Waals surface area contributed by atoms with Crippen LogP contribution in [0.1, 0.15) is 24.2 Å². The van der Waals surface area contributed by atoms with E-state index in [1.54, 1.807) is 6.07 Å². The summed E-state index contributed by atoms with van der Waals surface area (Å²) in [6, 6.07) is 4.63. The molecule has 0 saturated carbocycles. The highest BCUT2D eigenvalue weighted by atomic mass is 35.5. The monoisotopic (exact) mass is 285 g/mol. The molecule has 0 atom stereocenters. The molecule has 0 aliphatic heterocycles. The van der Waals surface area contributed by atoms with E-state index < -0.39 is 17.3 Å². The number of carbonyl (C=O) groups is 2. The van der Waals surface area contributed by atoms with E-state index in [0.29, 0.717) is 16.3 Å². The zero-order valence-corrected chi connectivity index (χ0v) is 11.7. The second kappa shape index (κ2) is 5.93. The second-order valence-corrected chi connectivity index (χ2v) is 5.15. The van der Waals surface area contributed by atoms with Crippen molar-refractivity contribution in [1.82, 2.24) is 5.32 Å². The first-order valence-corrected chi connectivity index (χ1v) is 6.01. The molecule has 0 heterocycles. The van der Waals surface area contributed by atoms with Crippen LogP contribution in [0, 0.1) is 5.41 Å². The molecule has 1 aromatic carbocycles. The summed E-state index contributed by atoms with van der Waals surface area (Å²) in [7, 11) is 1.43. The topological polar surface area (TPSA) is 75.6 Å². The van der Waals surface area contributed by atoms with Gasteiger partial charge < -0.3 is 15.2 Å². The molecule has 2 N–H and O–H groups in total. The summed E-state index contributed by atoms with van der Waals surface area (Å²) in [5, 5.41) is 12.0. The quantitative estimate of drug-likeness (QED) is 0.869. The number of nitrogens with one attached hydrogen (secondary N) is 1. The normalized spacial score (nSPS) is 10.9. The van der Waals surface area contributed by atoms with Crippen LogP contribution in [0.3, 0.4) is 0 Å². The lowest BCUT2D eigenvalue weighted by molar-refractivity contribution is -0.146. The van der Waals surface area contributed by atoms with E-state index in [0.717, 1.165) is 0 Å².